The normalized spacial score (nSPS) is 20.3. The van der Waals surface area contributed by atoms with E-state index in [-0.39, 0.29) is 17.5 Å². The van der Waals surface area contributed by atoms with Crippen molar-refractivity contribution in [2.75, 3.05) is 13.1 Å². The van der Waals surface area contributed by atoms with E-state index < -0.39 is 5.25 Å². The number of aromatic nitrogens is 2. The van der Waals surface area contributed by atoms with Crippen molar-refractivity contribution in [1.29, 1.82) is 0 Å². The van der Waals surface area contributed by atoms with Gasteiger partial charge in [0.2, 0.25) is 5.91 Å². The molecule has 0 bridgehead atoms. The highest BCUT2D eigenvalue weighted by Crippen LogP contribution is 2.37. The van der Waals surface area contributed by atoms with Crippen molar-refractivity contribution in [2.24, 2.45) is 5.92 Å². The average Bonchev–Trinajstić information content (AvgIpc) is 3.23. The van der Waals surface area contributed by atoms with Crippen molar-refractivity contribution in [3.8, 4) is 0 Å². The monoisotopic (exact) mass is 420 g/mol. The molecule has 7 nitrogen and oxygen atoms in total. The van der Waals surface area contributed by atoms with Crippen LogP contribution in [-0.2, 0) is 24.2 Å². The fraction of sp³-hybridized carbons (Fsp3) is 0.579. The second kappa shape index (κ2) is 7.51. The first-order valence-corrected chi connectivity index (χ1v) is 11.4. The van der Waals surface area contributed by atoms with E-state index in [1.54, 1.807) is 22.8 Å². The average molecular weight is 421 g/mol. The molecule has 1 fully saturated rings. The van der Waals surface area contributed by atoms with Crippen LogP contribution in [0.2, 0.25) is 0 Å². The fourth-order valence-electron chi connectivity index (χ4n) is 3.88. The largest absolute Gasteiger partial charge is 0.336 e. The number of fused-ring (bicyclic) bond motifs is 3. The van der Waals surface area contributed by atoms with Gasteiger partial charge in [0.05, 0.1) is 10.6 Å². The highest BCUT2D eigenvalue weighted by atomic mass is 32.2. The molecule has 1 N–H and O–H groups in total. The maximum absolute atomic E-state index is 13.2. The first-order valence-electron chi connectivity index (χ1n) is 9.71. The number of amides is 3. The molecule has 0 unspecified atom stereocenters. The van der Waals surface area contributed by atoms with Gasteiger partial charge in [0, 0.05) is 24.5 Å². The minimum Gasteiger partial charge on any atom is -0.336 e. The Morgan fingerprint density at radius 1 is 1.43 bits per heavy atom. The molecular weight excluding hydrogens is 396 g/mol. The van der Waals surface area contributed by atoms with Crippen LogP contribution < -0.4 is 10.9 Å². The predicted molar refractivity (Wildman–Crippen MR) is 111 cm³/mol. The molecule has 3 heterocycles. The van der Waals surface area contributed by atoms with Gasteiger partial charge in [-0.1, -0.05) is 18.7 Å². The molecule has 0 aromatic carbocycles. The van der Waals surface area contributed by atoms with Crippen LogP contribution in [0.25, 0.3) is 10.2 Å². The highest BCUT2D eigenvalue weighted by Gasteiger charge is 2.31. The van der Waals surface area contributed by atoms with E-state index in [9.17, 15) is 14.4 Å². The number of hydrogen-bond donors (Lipinski definition) is 1. The number of rotatable bonds is 4. The second-order valence-corrected chi connectivity index (χ2v) is 9.85. The van der Waals surface area contributed by atoms with Gasteiger partial charge in [0.25, 0.3) is 5.56 Å². The smallest absolute Gasteiger partial charge is 0.324 e. The van der Waals surface area contributed by atoms with Gasteiger partial charge < -0.3 is 5.32 Å². The predicted octanol–water partition coefficient (Wildman–Crippen LogP) is 2.64. The zero-order valence-electron chi connectivity index (χ0n) is 16.3. The van der Waals surface area contributed by atoms with Crippen LogP contribution in [0, 0.1) is 5.92 Å². The number of imide groups is 1. The Balaban J connectivity index is 1.70. The molecule has 9 heteroatoms. The Labute approximate surface area is 171 Å². The lowest BCUT2D eigenvalue weighted by Gasteiger charge is -2.19. The van der Waals surface area contributed by atoms with E-state index in [2.05, 4.69) is 12.2 Å². The molecule has 28 heavy (non-hydrogen) atoms. The summed E-state index contributed by atoms with van der Waals surface area (Å²) >= 11 is 2.87. The summed E-state index contributed by atoms with van der Waals surface area (Å²) in [6, 6.07) is -0.353. The second-order valence-electron chi connectivity index (χ2n) is 7.46. The van der Waals surface area contributed by atoms with Gasteiger partial charge >= 0.3 is 6.03 Å². The number of thioether (sulfide) groups is 1. The van der Waals surface area contributed by atoms with Crippen molar-refractivity contribution in [3.05, 3.63) is 20.8 Å². The van der Waals surface area contributed by atoms with Crippen LogP contribution in [0.5, 0.6) is 0 Å². The standard InChI is InChI=1S/C19H24N4O3S2/c1-4-22-17(25)14-12-6-5-10(2)9-13(12)28-15(14)21-19(22)27-11(3)16(24)23-8-7-20-18(23)26/h10-11H,4-9H2,1-3H3,(H,20,26)/t10-,11-/m1/s1. The third-order valence-corrected chi connectivity index (χ3v) is 7.68. The molecule has 0 saturated carbocycles. The Bertz CT molecular complexity index is 1010. The Hall–Kier alpha value is -1.87. The molecule has 4 rings (SSSR count). The molecule has 0 spiro atoms. The minimum atomic E-state index is -0.499. The summed E-state index contributed by atoms with van der Waals surface area (Å²) in [5.74, 6) is 0.378. The molecule has 1 aliphatic carbocycles. The van der Waals surface area contributed by atoms with Crippen LogP contribution in [0.15, 0.2) is 9.95 Å². The van der Waals surface area contributed by atoms with Crippen molar-refractivity contribution in [3.63, 3.8) is 0 Å². The van der Waals surface area contributed by atoms with Crippen LogP contribution in [0.1, 0.15) is 37.6 Å². The molecule has 1 aliphatic heterocycles. The van der Waals surface area contributed by atoms with Crippen LogP contribution >= 0.6 is 23.1 Å². The Kier molecular flexibility index (Phi) is 5.22. The Morgan fingerprint density at radius 3 is 2.89 bits per heavy atom. The van der Waals surface area contributed by atoms with Crippen molar-refractivity contribution in [1.82, 2.24) is 19.8 Å². The molecule has 2 aromatic heterocycles. The molecule has 3 amide bonds. The Morgan fingerprint density at radius 2 is 2.21 bits per heavy atom. The molecule has 2 aliphatic rings. The molecule has 2 aromatic rings. The van der Waals surface area contributed by atoms with E-state index in [1.165, 1.54) is 27.1 Å². The quantitative estimate of drug-likeness (QED) is 0.607. The van der Waals surface area contributed by atoms with Crippen LogP contribution in [0.4, 0.5) is 4.79 Å². The summed E-state index contributed by atoms with van der Waals surface area (Å²) in [6.07, 6.45) is 3.04. The van der Waals surface area contributed by atoms with Gasteiger partial charge in [-0.2, -0.15) is 0 Å². The van der Waals surface area contributed by atoms with Crippen molar-refractivity contribution < 1.29 is 9.59 Å². The van der Waals surface area contributed by atoms with Gasteiger partial charge in [-0.3, -0.25) is 19.1 Å². The van der Waals surface area contributed by atoms with E-state index in [4.69, 9.17) is 4.98 Å². The molecule has 0 radical (unpaired) electrons. The highest BCUT2D eigenvalue weighted by molar-refractivity contribution is 8.00. The lowest BCUT2D eigenvalue weighted by molar-refractivity contribution is -0.126. The first kappa shape index (κ1) is 19.4. The number of carbonyl (C=O) groups excluding carboxylic acids is 2. The molecule has 1 saturated heterocycles. The third-order valence-electron chi connectivity index (χ3n) is 5.45. The number of aryl methyl sites for hydroxylation is 1. The lowest BCUT2D eigenvalue weighted by Crippen LogP contribution is -2.39. The summed E-state index contributed by atoms with van der Waals surface area (Å²) in [4.78, 5) is 45.7. The topological polar surface area (TPSA) is 84.3 Å². The fourth-order valence-corrected chi connectivity index (χ4v) is 6.34. The summed E-state index contributed by atoms with van der Waals surface area (Å²) < 4.78 is 1.66. The molecular formula is C19H24N4O3S2. The molecule has 2 atom stereocenters. The van der Waals surface area contributed by atoms with E-state index >= 15 is 0 Å². The number of urea groups is 1. The van der Waals surface area contributed by atoms with Crippen molar-refractivity contribution >= 4 is 45.3 Å². The van der Waals surface area contributed by atoms with E-state index in [1.807, 2.05) is 6.92 Å². The summed E-state index contributed by atoms with van der Waals surface area (Å²) in [6.45, 7) is 7.28. The van der Waals surface area contributed by atoms with Gasteiger partial charge in [0.1, 0.15) is 4.83 Å². The van der Waals surface area contributed by atoms with E-state index in [0.29, 0.717) is 30.7 Å². The number of nitrogens with one attached hydrogen (secondary N) is 1. The zero-order chi connectivity index (χ0) is 20.0. The van der Waals surface area contributed by atoms with Gasteiger partial charge in [-0.05, 0) is 44.6 Å². The number of nitrogens with zero attached hydrogens (tertiary/aromatic N) is 3. The van der Waals surface area contributed by atoms with Gasteiger partial charge in [-0.25, -0.2) is 9.78 Å². The van der Waals surface area contributed by atoms with Crippen LogP contribution in [-0.4, -0.2) is 44.7 Å². The molecule has 150 valence electrons. The summed E-state index contributed by atoms with van der Waals surface area (Å²) in [7, 11) is 0. The van der Waals surface area contributed by atoms with Crippen LogP contribution in [0.3, 0.4) is 0 Å². The maximum Gasteiger partial charge on any atom is 0.324 e. The van der Waals surface area contributed by atoms with Gasteiger partial charge in [-0.15, -0.1) is 11.3 Å². The number of thiophene rings is 1. The maximum atomic E-state index is 13.2. The minimum absolute atomic E-state index is 0.0133. The zero-order valence-corrected chi connectivity index (χ0v) is 17.9. The third kappa shape index (κ3) is 3.24. The van der Waals surface area contributed by atoms with Crippen molar-refractivity contribution in [2.45, 2.75) is 57.0 Å². The first-order chi connectivity index (χ1) is 13.4. The number of carbonyl (C=O) groups is 2. The SMILES string of the molecule is CCn1c(S[C@H](C)C(=O)N2CCNC2=O)nc2sc3c(c2c1=O)CC[C@@H](C)C3. The number of hydrogen-bond acceptors (Lipinski definition) is 6. The summed E-state index contributed by atoms with van der Waals surface area (Å²) in [5, 5.41) is 3.45. The lowest BCUT2D eigenvalue weighted by atomic mass is 9.89. The van der Waals surface area contributed by atoms with Gasteiger partial charge in [0.15, 0.2) is 5.16 Å². The van der Waals surface area contributed by atoms with E-state index in [0.717, 1.165) is 29.5 Å². The summed E-state index contributed by atoms with van der Waals surface area (Å²) in [5.41, 5.74) is 1.16.